The molecule has 50 heavy (non-hydrogen) atoms. The Bertz CT molecular complexity index is 1530. The number of primary amides is 1. The van der Waals surface area contributed by atoms with Gasteiger partial charge < -0.3 is 68.6 Å². The Morgan fingerprint density at radius 2 is 1.26 bits per heavy atom. The molecule has 20 nitrogen and oxygen atoms in total. The second-order valence-electron chi connectivity index (χ2n) is 11.5. The molecule has 20 heteroatoms. The third-order valence-corrected chi connectivity index (χ3v) is 7.54. The fourth-order valence-electron chi connectivity index (χ4n) is 4.61. The van der Waals surface area contributed by atoms with Crippen LogP contribution in [0.3, 0.4) is 0 Å². The van der Waals surface area contributed by atoms with Crippen molar-refractivity contribution in [3.05, 3.63) is 36.0 Å². The first kappa shape index (κ1) is 41.0. The van der Waals surface area contributed by atoms with Crippen molar-refractivity contribution < 1.29 is 59.1 Å². The number of nitrogens with one attached hydrogen (secondary N) is 6. The van der Waals surface area contributed by atoms with Gasteiger partial charge >= 0.3 is 5.97 Å². The molecule has 0 saturated heterocycles. The fourth-order valence-corrected chi connectivity index (χ4v) is 4.61. The summed E-state index contributed by atoms with van der Waals surface area (Å²) >= 11 is 0. The van der Waals surface area contributed by atoms with Gasteiger partial charge in [0, 0.05) is 29.9 Å². The van der Waals surface area contributed by atoms with Crippen LogP contribution in [-0.4, -0.2) is 134 Å². The first-order chi connectivity index (χ1) is 23.5. The minimum Gasteiger partial charge on any atom is -0.480 e. The Balaban J connectivity index is 2.31. The van der Waals surface area contributed by atoms with Gasteiger partial charge in [-0.2, -0.15) is 0 Å². The zero-order valence-electron chi connectivity index (χ0n) is 27.3. The number of hydrogen-bond acceptors (Lipinski definition) is 12. The number of carbonyl (C=O) groups is 7. The predicted octanol–water partition coefficient (Wildman–Crippen LogP) is -5.44. The number of para-hydroxylation sites is 1. The molecule has 2 aromatic rings. The van der Waals surface area contributed by atoms with E-state index in [4.69, 9.17) is 11.5 Å². The lowest BCUT2D eigenvalue weighted by molar-refractivity contribution is -0.143. The summed E-state index contributed by atoms with van der Waals surface area (Å²) in [6, 6.07) is -2.78. The van der Waals surface area contributed by atoms with Crippen LogP contribution in [0.1, 0.15) is 32.3 Å². The molecular formula is C30H44N8O12. The molecule has 1 aromatic carbocycles. The van der Waals surface area contributed by atoms with Crippen LogP contribution >= 0.6 is 0 Å². The van der Waals surface area contributed by atoms with Crippen molar-refractivity contribution in [3.8, 4) is 0 Å². The predicted molar refractivity (Wildman–Crippen MR) is 173 cm³/mol. The number of hydrogen-bond donors (Lipinski definition) is 13. The number of aromatic amines is 1. The second kappa shape index (κ2) is 19.1. The van der Waals surface area contributed by atoms with Gasteiger partial charge in [-0.15, -0.1) is 0 Å². The number of nitrogens with two attached hydrogens (primary N) is 2. The van der Waals surface area contributed by atoms with Crippen LogP contribution in [-0.2, 0) is 40.0 Å². The molecule has 276 valence electrons. The number of fused-ring (bicyclic) bond motifs is 1. The highest BCUT2D eigenvalue weighted by Gasteiger charge is 2.34. The third kappa shape index (κ3) is 11.8. The van der Waals surface area contributed by atoms with Crippen LogP contribution < -0.4 is 38.1 Å². The molecule has 0 spiro atoms. The number of carbonyl (C=O) groups excluding carboxylic acids is 6. The summed E-state index contributed by atoms with van der Waals surface area (Å²) in [5, 5.41) is 60.7. The number of aliphatic hydroxyl groups is 4. The molecule has 0 aliphatic heterocycles. The van der Waals surface area contributed by atoms with Gasteiger partial charge in [-0.05, 0) is 31.9 Å². The summed E-state index contributed by atoms with van der Waals surface area (Å²) in [7, 11) is 0. The number of H-pyrrole nitrogens is 1. The van der Waals surface area contributed by atoms with Crippen molar-refractivity contribution in [2.45, 2.75) is 81.6 Å². The van der Waals surface area contributed by atoms with Crippen molar-refractivity contribution in [1.29, 1.82) is 0 Å². The van der Waals surface area contributed by atoms with Crippen LogP contribution in [0.5, 0.6) is 0 Å². The maximum absolute atomic E-state index is 13.6. The third-order valence-electron chi connectivity index (χ3n) is 7.54. The highest BCUT2D eigenvalue weighted by molar-refractivity contribution is 5.97. The number of carboxylic acid groups (broad SMARTS) is 1. The molecule has 0 aliphatic rings. The summed E-state index contributed by atoms with van der Waals surface area (Å²) in [6.07, 6.45) is -2.25. The van der Waals surface area contributed by atoms with E-state index < -0.39 is 103 Å². The minimum absolute atomic E-state index is 0.229. The monoisotopic (exact) mass is 708 g/mol. The Morgan fingerprint density at radius 3 is 1.78 bits per heavy atom. The Morgan fingerprint density at radius 1 is 0.740 bits per heavy atom. The summed E-state index contributed by atoms with van der Waals surface area (Å²) in [5.41, 5.74) is 11.8. The zero-order chi connectivity index (χ0) is 37.7. The molecule has 2 rings (SSSR count). The first-order valence-corrected chi connectivity index (χ1v) is 15.4. The highest BCUT2D eigenvalue weighted by atomic mass is 16.4. The maximum atomic E-state index is 13.6. The molecule has 1 heterocycles. The van der Waals surface area contributed by atoms with Crippen molar-refractivity contribution >= 4 is 52.3 Å². The molecule has 0 radical (unpaired) electrons. The Kier molecular flexibility index (Phi) is 15.7. The van der Waals surface area contributed by atoms with Gasteiger partial charge in [-0.1, -0.05) is 18.2 Å². The number of amides is 6. The molecule has 0 aliphatic carbocycles. The summed E-state index contributed by atoms with van der Waals surface area (Å²) in [4.78, 5) is 90.8. The minimum atomic E-state index is -1.75. The standard InChI is InChI=1S/C30H44N8O12/c1-13(41)23(32)28(47)38-24(14(2)42)29(48)37-21(12-40)27(46)35-19(9-15-10-33-17-6-4-3-5-16(15)17)25(44)36-20(11-39)26(45)34-18(30(49)50)7-8-22(31)43/h3-6,10,13-14,18-21,23-24,33,39-42H,7-9,11-12,32H2,1-2H3,(H2,31,43)(H,34,45)(H,35,46)(H,36,44)(H,37,48)(H,38,47)(H,49,50)/t13-,14-,18+,19+,20+,21+,23+,24+/m1/s1. The van der Waals surface area contributed by atoms with Crippen molar-refractivity contribution in [2.24, 2.45) is 11.5 Å². The topological polar surface area (TPSA) is 349 Å². The number of carboxylic acids is 1. The molecule has 1 aromatic heterocycles. The largest absolute Gasteiger partial charge is 0.480 e. The normalized spacial score (nSPS) is 16.0. The van der Waals surface area contributed by atoms with E-state index in [9.17, 15) is 59.1 Å². The van der Waals surface area contributed by atoms with E-state index in [0.29, 0.717) is 16.5 Å². The van der Waals surface area contributed by atoms with E-state index in [2.05, 4.69) is 31.6 Å². The van der Waals surface area contributed by atoms with E-state index in [1.165, 1.54) is 6.92 Å². The average molecular weight is 709 g/mol. The van der Waals surface area contributed by atoms with Gasteiger partial charge in [0.15, 0.2) is 0 Å². The van der Waals surface area contributed by atoms with Crippen LogP contribution in [0.4, 0.5) is 0 Å². The summed E-state index contributed by atoms with van der Waals surface area (Å²) in [6.45, 7) is 0.355. The summed E-state index contributed by atoms with van der Waals surface area (Å²) < 4.78 is 0. The molecular weight excluding hydrogens is 664 g/mol. The first-order valence-electron chi connectivity index (χ1n) is 15.4. The number of aliphatic hydroxyl groups excluding tert-OH is 4. The lowest BCUT2D eigenvalue weighted by Gasteiger charge is -2.27. The van der Waals surface area contributed by atoms with Gasteiger partial charge in [0.05, 0.1) is 25.4 Å². The van der Waals surface area contributed by atoms with Gasteiger partial charge in [0.25, 0.3) is 0 Å². The van der Waals surface area contributed by atoms with Gasteiger partial charge in [0.2, 0.25) is 35.4 Å². The van der Waals surface area contributed by atoms with Crippen molar-refractivity contribution in [3.63, 3.8) is 0 Å². The molecule has 0 bridgehead atoms. The lowest BCUT2D eigenvalue weighted by Crippen LogP contribution is -2.62. The molecule has 0 saturated carbocycles. The maximum Gasteiger partial charge on any atom is 0.326 e. The average Bonchev–Trinajstić information content (AvgIpc) is 3.47. The van der Waals surface area contributed by atoms with Crippen LogP contribution in [0.15, 0.2) is 30.5 Å². The number of aromatic nitrogens is 1. The molecule has 0 unspecified atom stereocenters. The highest BCUT2D eigenvalue weighted by Crippen LogP contribution is 2.19. The number of aliphatic carboxylic acids is 1. The SMILES string of the molecule is C[C@@H](O)[C@H](N)C(=O)N[C@H](C(=O)N[C@@H](CO)C(=O)N[C@@H](Cc1c[nH]c2ccccc12)C(=O)N[C@@H](CO)C(=O)N[C@@H](CCC(N)=O)C(=O)O)[C@@H](C)O. The number of benzene rings is 1. The van der Waals surface area contributed by atoms with E-state index in [1.54, 1.807) is 30.5 Å². The molecule has 6 amide bonds. The Labute approximate surface area is 285 Å². The smallest absolute Gasteiger partial charge is 0.326 e. The zero-order valence-corrected chi connectivity index (χ0v) is 27.3. The van der Waals surface area contributed by atoms with E-state index in [0.717, 1.165) is 6.92 Å². The van der Waals surface area contributed by atoms with Gasteiger partial charge in [-0.3, -0.25) is 28.8 Å². The van der Waals surface area contributed by atoms with E-state index >= 15 is 0 Å². The second-order valence-corrected chi connectivity index (χ2v) is 11.5. The van der Waals surface area contributed by atoms with E-state index in [-0.39, 0.29) is 19.3 Å². The van der Waals surface area contributed by atoms with Crippen LogP contribution in [0.25, 0.3) is 10.9 Å². The van der Waals surface area contributed by atoms with Crippen LogP contribution in [0.2, 0.25) is 0 Å². The molecule has 0 fully saturated rings. The van der Waals surface area contributed by atoms with E-state index in [1.807, 2.05) is 0 Å². The quantitative estimate of drug-likeness (QED) is 0.0611. The summed E-state index contributed by atoms with van der Waals surface area (Å²) in [5.74, 6) is -7.72. The Hall–Kier alpha value is -5.15. The van der Waals surface area contributed by atoms with Crippen molar-refractivity contribution in [2.75, 3.05) is 13.2 Å². The molecule has 15 N–H and O–H groups in total. The van der Waals surface area contributed by atoms with Gasteiger partial charge in [0.1, 0.15) is 36.3 Å². The lowest BCUT2D eigenvalue weighted by atomic mass is 10.0. The van der Waals surface area contributed by atoms with Gasteiger partial charge in [-0.25, -0.2) is 4.79 Å². The van der Waals surface area contributed by atoms with Crippen LogP contribution in [0, 0.1) is 0 Å². The molecule has 8 atom stereocenters. The fraction of sp³-hybridized carbons (Fsp3) is 0.500. The van der Waals surface area contributed by atoms with Crippen molar-refractivity contribution in [1.82, 2.24) is 31.6 Å². The number of rotatable bonds is 20.